The third kappa shape index (κ3) is 4.00. The smallest absolute Gasteiger partial charge is 0.120 e. The molecule has 2 fully saturated rings. The summed E-state index contributed by atoms with van der Waals surface area (Å²) in [6.07, 6.45) is 4.69. The maximum atomic E-state index is 9.19. The Bertz CT molecular complexity index is 562. The van der Waals surface area contributed by atoms with Crippen LogP contribution in [0.2, 0.25) is 0 Å². The topological polar surface area (TPSA) is 44.4 Å². The first-order valence-corrected chi connectivity index (χ1v) is 9.34. The van der Waals surface area contributed by atoms with E-state index in [0.29, 0.717) is 6.04 Å². The minimum atomic E-state index is 0.669. The van der Waals surface area contributed by atoms with Crippen molar-refractivity contribution < 1.29 is 4.74 Å². The highest BCUT2D eigenvalue weighted by molar-refractivity contribution is 5.28. The molecular formula is C19H30N4O. The zero-order valence-corrected chi connectivity index (χ0v) is 15.1. The van der Waals surface area contributed by atoms with E-state index in [4.69, 9.17) is 4.74 Å². The lowest BCUT2D eigenvalue weighted by molar-refractivity contribution is -0.00192. The van der Waals surface area contributed by atoms with Gasteiger partial charge in [-0.15, -0.1) is 0 Å². The number of aromatic nitrogens is 1. The number of hydrogen-bond acceptors (Lipinski definition) is 4. The van der Waals surface area contributed by atoms with Crippen LogP contribution in [0.25, 0.3) is 0 Å². The van der Waals surface area contributed by atoms with Gasteiger partial charge in [0.25, 0.3) is 0 Å². The van der Waals surface area contributed by atoms with Crippen LogP contribution in [0.1, 0.15) is 37.9 Å². The van der Waals surface area contributed by atoms with Gasteiger partial charge in [-0.3, -0.25) is 9.80 Å². The molecule has 0 N–H and O–H groups in total. The monoisotopic (exact) mass is 330 g/mol. The largest absolute Gasteiger partial charge is 0.379 e. The van der Waals surface area contributed by atoms with Gasteiger partial charge in [-0.2, -0.15) is 5.26 Å². The predicted octanol–water partition coefficient (Wildman–Crippen LogP) is 2.31. The molecule has 2 aliphatic heterocycles. The van der Waals surface area contributed by atoms with Crippen molar-refractivity contribution in [1.29, 1.82) is 5.26 Å². The number of hydrogen-bond donors (Lipinski definition) is 0. The van der Waals surface area contributed by atoms with E-state index in [1.54, 1.807) is 0 Å². The van der Waals surface area contributed by atoms with E-state index < -0.39 is 0 Å². The number of ether oxygens (including phenoxy) is 1. The average molecular weight is 330 g/mol. The Hall–Kier alpha value is -1.35. The van der Waals surface area contributed by atoms with Gasteiger partial charge in [0.05, 0.1) is 13.2 Å². The zero-order chi connectivity index (χ0) is 16.9. The van der Waals surface area contributed by atoms with Crippen LogP contribution < -0.4 is 0 Å². The van der Waals surface area contributed by atoms with E-state index in [-0.39, 0.29) is 0 Å². The zero-order valence-electron chi connectivity index (χ0n) is 15.1. The normalized spacial score (nSPS) is 22.4. The summed E-state index contributed by atoms with van der Waals surface area (Å²) >= 11 is 0. The fourth-order valence-corrected chi connectivity index (χ4v) is 4.14. The van der Waals surface area contributed by atoms with Crippen molar-refractivity contribution in [3.05, 3.63) is 23.5 Å². The van der Waals surface area contributed by atoms with Crippen LogP contribution in [-0.4, -0.2) is 59.8 Å². The van der Waals surface area contributed by atoms with E-state index in [1.165, 1.54) is 31.5 Å². The van der Waals surface area contributed by atoms with E-state index in [2.05, 4.69) is 35.9 Å². The third-order valence-corrected chi connectivity index (χ3v) is 5.75. The summed E-state index contributed by atoms with van der Waals surface area (Å²) < 4.78 is 7.52. The van der Waals surface area contributed by atoms with Crippen LogP contribution in [-0.2, 0) is 17.8 Å². The maximum absolute atomic E-state index is 9.19. The Kier molecular flexibility index (Phi) is 5.94. The molecule has 3 rings (SSSR count). The molecule has 1 aromatic heterocycles. The highest BCUT2D eigenvalue weighted by atomic mass is 16.5. The Morgan fingerprint density at radius 2 is 1.96 bits per heavy atom. The maximum Gasteiger partial charge on any atom is 0.120 e. The number of likely N-dealkylation sites (tertiary alicyclic amines) is 1. The Morgan fingerprint density at radius 1 is 1.25 bits per heavy atom. The van der Waals surface area contributed by atoms with Gasteiger partial charge in [0, 0.05) is 38.4 Å². The Balaban J connectivity index is 1.50. The van der Waals surface area contributed by atoms with E-state index in [0.717, 1.165) is 51.0 Å². The van der Waals surface area contributed by atoms with Crippen molar-refractivity contribution in [3.63, 3.8) is 0 Å². The minimum Gasteiger partial charge on any atom is -0.379 e. The second kappa shape index (κ2) is 8.15. The van der Waals surface area contributed by atoms with Gasteiger partial charge in [0.2, 0.25) is 0 Å². The van der Waals surface area contributed by atoms with Crippen LogP contribution in [0.15, 0.2) is 12.3 Å². The van der Waals surface area contributed by atoms with Crippen LogP contribution in [0.3, 0.4) is 0 Å². The molecule has 1 atom stereocenters. The number of aryl methyl sites for hydroxylation is 1. The van der Waals surface area contributed by atoms with Gasteiger partial charge in [-0.05, 0) is 57.3 Å². The first-order valence-electron chi connectivity index (χ1n) is 9.34. The summed E-state index contributed by atoms with van der Waals surface area (Å²) in [4.78, 5) is 5.14. The lowest BCUT2D eigenvalue weighted by Crippen LogP contribution is -2.48. The predicted molar refractivity (Wildman–Crippen MR) is 94.7 cm³/mol. The molecule has 5 heteroatoms. The Morgan fingerprint density at radius 3 is 2.54 bits per heavy atom. The number of rotatable bonds is 5. The SMILES string of the molecule is CCn1cc(CN2CCC([C@@H](C)N3CCOCC3)CC2)cc1C#N. The third-order valence-electron chi connectivity index (χ3n) is 5.75. The molecule has 5 nitrogen and oxygen atoms in total. The molecule has 2 saturated heterocycles. The van der Waals surface area contributed by atoms with E-state index >= 15 is 0 Å². The molecule has 0 saturated carbocycles. The second-order valence-electron chi connectivity index (χ2n) is 7.13. The minimum absolute atomic E-state index is 0.669. The highest BCUT2D eigenvalue weighted by Crippen LogP contribution is 2.25. The molecule has 0 aromatic carbocycles. The number of nitriles is 1. The Labute approximate surface area is 145 Å². The molecule has 0 spiro atoms. The van der Waals surface area contributed by atoms with Crippen molar-refractivity contribution in [2.45, 2.75) is 45.8 Å². The van der Waals surface area contributed by atoms with E-state index in [1.807, 2.05) is 10.6 Å². The highest BCUT2D eigenvalue weighted by Gasteiger charge is 2.28. The van der Waals surface area contributed by atoms with Gasteiger partial charge >= 0.3 is 0 Å². The van der Waals surface area contributed by atoms with Gasteiger partial charge in [0.15, 0.2) is 0 Å². The van der Waals surface area contributed by atoms with E-state index in [9.17, 15) is 5.26 Å². The molecule has 2 aliphatic rings. The first kappa shape index (κ1) is 17.5. The van der Waals surface area contributed by atoms with Gasteiger partial charge in [-0.25, -0.2) is 0 Å². The van der Waals surface area contributed by atoms with Gasteiger partial charge < -0.3 is 9.30 Å². The fraction of sp³-hybridized carbons (Fsp3) is 0.737. The first-order chi connectivity index (χ1) is 11.7. The summed E-state index contributed by atoms with van der Waals surface area (Å²) in [5, 5.41) is 9.19. The van der Waals surface area contributed by atoms with Crippen molar-refractivity contribution in [2.24, 2.45) is 5.92 Å². The molecule has 0 bridgehead atoms. The lowest BCUT2D eigenvalue weighted by atomic mass is 9.89. The molecule has 3 heterocycles. The molecule has 24 heavy (non-hydrogen) atoms. The summed E-state index contributed by atoms with van der Waals surface area (Å²) in [5.74, 6) is 0.800. The average Bonchev–Trinajstić information content (AvgIpc) is 3.04. The summed E-state index contributed by atoms with van der Waals surface area (Å²) in [5.41, 5.74) is 2.05. The molecule has 132 valence electrons. The fourth-order valence-electron chi connectivity index (χ4n) is 4.14. The quantitative estimate of drug-likeness (QED) is 0.831. The molecule has 0 radical (unpaired) electrons. The molecule has 0 amide bonds. The van der Waals surface area contributed by atoms with Crippen LogP contribution in [0, 0.1) is 17.2 Å². The van der Waals surface area contributed by atoms with Crippen molar-refractivity contribution in [2.75, 3.05) is 39.4 Å². The summed E-state index contributed by atoms with van der Waals surface area (Å²) in [6, 6.07) is 5.01. The summed E-state index contributed by atoms with van der Waals surface area (Å²) in [6.45, 7) is 12.6. The molecule has 0 aliphatic carbocycles. The van der Waals surface area contributed by atoms with Crippen molar-refractivity contribution in [3.8, 4) is 6.07 Å². The molecule has 1 aromatic rings. The van der Waals surface area contributed by atoms with Gasteiger partial charge in [0.1, 0.15) is 11.8 Å². The number of morpholine rings is 1. The van der Waals surface area contributed by atoms with Crippen molar-refractivity contribution in [1.82, 2.24) is 14.4 Å². The van der Waals surface area contributed by atoms with Crippen molar-refractivity contribution >= 4 is 0 Å². The molecular weight excluding hydrogens is 300 g/mol. The van der Waals surface area contributed by atoms with Gasteiger partial charge in [-0.1, -0.05) is 0 Å². The lowest BCUT2D eigenvalue weighted by Gasteiger charge is -2.41. The second-order valence-corrected chi connectivity index (χ2v) is 7.13. The number of nitrogens with zero attached hydrogens (tertiary/aromatic N) is 4. The van der Waals surface area contributed by atoms with Crippen LogP contribution in [0.5, 0.6) is 0 Å². The van der Waals surface area contributed by atoms with Crippen LogP contribution in [0.4, 0.5) is 0 Å². The number of piperidine rings is 1. The van der Waals surface area contributed by atoms with Crippen LogP contribution >= 0.6 is 0 Å². The molecule has 0 unspecified atom stereocenters. The summed E-state index contributed by atoms with van der Waals surface area (Å²) in [7, 11) is 0. The standard InChI is InChI=1S/C19H30N4O/c1-3-22-15-17(12-19(22)13-20)14-21-6-4-18(5-7-21)16(2)23-8-10-24-11-9-23/h12,15-16,18H,3-11,14H2,1-2H3/t16-/m1/s1.